The van der Waals surface area contributed by atoms with Gasteiger partial charge in [-0.25, -0.2) is 9.97 Å². The monoisotopic (exact) mass is 331 g/mol. The second-order valence-corrected chi connectivity index (χ2v) is 6.35. The van der Waals surface area contributed by atoms with Gasteiger partial charge in [0.25, 0.3) is 0 Å². The lowest BCUT2D eigenvalue weighted by molar-refractivity contribution is 0.170. The lowest BCUT2D eigenvalue weighted by Crippen LogP contribution is -2.22. The van der Waals surface area contributed by atoms with Gasteiger partial charge in [-0.2, -0.15) is 0 Å². The Morgan fingerprint density at radius 2 is 1.87 bits per heavy atom. The fourth-order valence-corrected chi connectivity index (χ4v) is 2.85. The van der Waals surface area contributed by atoms with Crippen LogP contribution in [-0.4, -0.2) is 41.4 Å². The minimum Gasteiger partial charge on any atom is -0.486 e. The Morgan fingerprint density at radius 3 is 2.57 bits per heavy atom. The van der Waals surface area contributed by atoms with E-state index in [1.54, 1.807) is 11.8 Å². The first-order valence-electron chi connectivity index (χ1n) is 7.62. The number of rotatable bonds is 5. The Labute approximate surface area is 141 Å². The lowest BCUT2D eigenvalue weighted by atomic mass is 10.1. The summed E-state index contributed by atoms with van der Waals surface area (Å²) in [7, 11) is 2.10. The van der Waals surface area contributed by atoms with E-state index < -0.39 is 0 Å². The van der Waals surface area contributed by atoms with Gasteiger partial charge in [0.05, 0.1) is 0 Å². The highest BCUT2D eigenvalue weighted by atomic mass is 32.2. The number of fused-ring (bicyclic) bond motifs is 1. The molecule has 0 saturated carbocycles. The van der Waals surface area contributed by atoms with E-state index in [0.717, 1.165) is 28.8 Å². The van der Waals surface area contributed by atoms with Crippen LogP contribution in [0.1, 0.15) is 24.1 Å². The summed E-state index contributed by atoms with van der Waals surface area (Å²) in [5, 5.41) is 0.802. The summed E-state index contributed by atoms with van der Waals surface area (Å²) in [5.41, 5.74) is 2.31. The third-order valence-corrected chi connectivity index (χ3v) is 4.58. The number of hydrogen-bond acceptors (Lipinski definition) is 6. The van der Waals surface area contributed by atoms with Crippen molar-refractivity contribution < 1.29 is 9.47 Å². The maximum Gasteiger partial charge on any atom is 0.187 e. The molecule has 1 aliphatic heterocycles. The zero-order valence-corrected chi connectivity index (χ0v) is 14.5. The molecule has 5 nitrogen and oxygen atoms in total. The van der Waals surface area contributed by atoms with Gasteiger partial charge in [-0.05, 0) is 37.9 Å². The summed E-state index contributed by atoms with van der Waals surface area (Å²) in [4.78, 5) is 10.9. The van der Waals surface area contributed by atoms with Crippen molar-refractivity contribution in [3.05, 3.63) is 41.7 Å². The van der Waals surface area contributed by atoms with Crippen molar-refractivity contribution in [3.63, 3.8) is 0 Å². The van der Waals surface area contributed by atoms with E-state index in [2.05, 4.69) is 41.0 Å². The quantitative estimate of drug-likeness (QED) is 0.619. The highest BCUT2D eigenvalue weighted by Gasteiger charge is 2.17. The van der Waals surface area contributed by atoms with E-state index in [4.69, 9.17) is 9.47 Å². The van der Waals surface area contributed by atoms with E-state index in [1.165, 1.54) is 5.56 Å². The molecule has 2 heterocycles. The summed E-state index contributed by atoms with van der Waals surface area (Å²) in [6.45, 7) is 4.21. The Bertz CT molecular complexity index is 663. The Kier molecular flexibility index (Phi) is 5.03. The van der Waals surface area contributed by atoms with Crippen LogP contribution in [0, 0.1) is 0 Å². The molecule has 1 unspecified atom stereocenters. The standard InChI is InChI=1S/C17H21N3O2S/c1-12(14-4-5-15-16(8-14)22-7-6-21-15)20(2)11-13-9-18-17(23-3)19-10-13/h4-5,8-10,12H,6-7,11H2,1-3H3. The SMILES string of the molecule is CSc1ncc(CN(C)C(C)c2ccc3c(c2)OCCO3)cn1. The molecule has 0 fully saturated rings. The summed E-state index contributed by atoms with van der Waals surface area (Å²) >= 11 is 1.55. The van der Waals surface area contributed by atoms with E-state index >= 15 is 0 Å². The molecule has 0 radical (unpaired) electrons. The summed E-state index contributed by atoms with van der Waals surface area (Å²) < 4.78 is 11.3. The van der Waals surface area contributed by atoms with Crippen molar-refractivity contribution in [2.24, 2.45) is 0 Å². The van der Waals surface area contributed by atoms with E-state index in [-0.39, 0.29) is 6.04 Å². The molecule has 23 heavy (non-hydrogen) atoms. The van der Waals surface area contributed by atoms with Crippen LogP contribution in [0.25, 0.3) is 0 Å². The van der Waals surface area contributed by atoms with Crippen LogP contribution >= 0.6 is 11.8 Å². The Morgan fingerprint density at radius 1 is 1.17 bits per heavy atom. The molecule has 0 spiro atoms. The molecule has 0 bridgehead atoms. The molecule has 0 N–H and O–H groups in total. The summed E-state index contributed by atoms with van der Waals surface area (Å²) in [6, 6.07) is 6.42. The number of thioether (sulfide) groups is 1. The molecule has 122 valence electrons. The third-order valence-electron chi connectivity index (χ3n) is 4.01. The van der Waals surface area contributed by atoms with Gasteiger partial charge < -0.3 is 9.47 Å². The highest BCUT2D eigenvalue weighted by Crippen LogP contribution is 2.33. The molecule has 3 rings (SSSR count). The van der Waals surface area contributed by atoms with Crippen molar-refractivity contribution in [1.82, 2.24) is 14.9 Å². The molecule has 1 aromatic carbocycles. The zero-order chi connectivity index (χ0) is 16.2. The Hall–Kier alpha value is -1.79. The molecule has 1 aromatic heterocycles. The second-order valence-electron chi connectivity index (χ2n) is 5.57. The number of aromatic nitrogens is 2. The summed E-state index contributed by atoms with van der Waals surface area (Å²) in [5.74, 6) is 1.66. The molecule has 0 amide bonds. The molecule has 0 saturated heterocycles. The molecule has 1 atom stereocenters. The zero-order valence-electron chi connectivity index (χ0n) is 13.7. The maximum atomic E-state index is 5.67. The lowest BCUT2D eigenvalue weighted by Gasteiger charge is -2.26. The predicted octanol–water partition coefficient (Wildman–Crippen LogP) is 3.16. The highest BCUT2D eigenvalue weighted by molar-refractivity contribution is 7.98. The van der Waals surface area contributed by atoms with Crippen LogP contribution in [0.5, 0.6) is 11.5 Å². The number of benzene rings is 1. The Balaban J connectivity index is 1.69. The van der Waals surface area contributed by atoms with Gasteiger partial charge in [0, 0.05) is 30.5 Å². The molecular formula is C17H21N3O2S. The van der Waals surface area contributed by atoms with Gasteiger partial charge in [0.2, 0.25) is 0 Å². The van der Waals surface area contributed by atoms with Crippen LogP contribution in [0.4, 0.5) is 0 Å². The molecular weight excluding hydrogens is 310 g/mol. The predicted molar refractivity (Wildman–Crippen MR) is 91.1 cm³/mol. The first kappa shape index (κ1) is 16.1. The first-order chi connectivity index (χ1) is 11.2. The average molecular weight is 331 g/mol. The van der Waals surface area contributed by atoms with Gasteiger partial charge in [-0.15, -0.1) is 0 Å². The van der Waals surface area contributed by atoms with Crippen LogP contribution in [0.2, 0.25) is 0 Å². The summed E-state index contributed by atoms with van der Waals surface area (Å²) in [6.07, 6.45) is 5.77. The number of hydrogen-bond donors (Lipinski definition) is 0. The topological polar surface area (TPSA) is 47.5 Å². The van der Waals surface area contributed by atoms with Crippen molar-refractivity contribution in [2.75, 3.05) is 26.5 Å². The van der Waals surface area contributed by atoms with Crippen molar-refractivity contribution in [3.8, 4) is 11.5 Å². The van der Waals surface area contributed by atoms with E-state index in [0.29, 0.717) is 13.2 Å². The van der Waals surface area contributed by atoms with Gasteiger partial charge in [0.1, 0.15) is 13.2 Å². The van der Waals surface area contributed by atoms with Gasteiger partial charge >= 0.3 is 0 Å². The van der Waals surface area contributed by atoms with Crippen LogP contribution in [-0.2, 0) is 6.54 Å². The van der Waals surface area contributed by atoms with Crippen LogP contribution in [0.3, 0.4) is 0 Å². The normalized spacial score (nSPS) is 14.8. The third kappa shape index (κ3) is 3.76. The average Bonchev–Trinajstić information content (AvgIpc) is 2.61. The number of nitrogens with zero attached hydrogens (tertiary/aromatic N) is 3. The van der Waals surface area contributed by atoms with Crippen LogP contribution in [0.15, 0.2) is 35.7 Å². The molecule has 0 aliphatic carbocycles. The smallest absolute Gasteiger partial charge is 0.187 e. The fourth-order valence-electron chi connectivity index (χ4n) is 2.53. The molecule has 2 aromatic rings. The maximum absolute atomic E-state index is 5.67. The molecule has 6 heteroatoms. The molecule has 1 aliphatic rings. The van der Waals surface area contributed by atoms with Crippen molar-refractivity contribution >= 4 is 11.8 Å². The van der Waals surface area contributed by atoms with Crippen molar-refractivity contribution in [2.45, 2.75) is 24.7 Å². The minimum absolute atomic E-state index is 0.256. The van der Waals surface area contributed by atoms with E-state index in [9.17, 15) is 0 Å². The second kappa shape index (κ2) is 7.19. The first-order valence-corrected chi connectivity index (χ1v) is 8.84. The van der Waals surface area contributed by atoms with Gasteiger partial charge in [-0.1, -0.05) is 17.8 Å². The van der Waals surface area contributed by atoms with Gasteiger partial charge in [0.15, 0.2) is 16.7 Å². The fraction of sp³-hybridized carbons (Fsp3) is 0.412. The van der Waals surface area contributed by atoms with Gasteiger partial charge in [-0.3, -0.25) is 4.90 Å². The van der Waals surface area contributed by atoms with E-state index in [1.807, 2.05) is 24.7 Å². The van der Waals surface area contributed by atoms with Crippen LogP contribution < -0.4 is 9.47 Å². The largest absolute Gasteiger partial charge is 0.486 e. The number of ether oxygens (including phenoxy) is 2. The van der Waals surface area contributed by atoms with Crippen molar-refractivity contribution in [1.29, 1.82) is 0 Å². The minimum atomic E-state index is 0.256.